The molecule has 1 heterocycles. The molecular formula is C17H16N2O5. The maximum atomic E-state index is 12.2. The Morgan fingerprint density at radius 1 is 1.17 bits per heavy atom. The van der Waals surface area contributed by atoms with Gasteiger partial charge in [-0.25, -0.2) is 4.79 Å². The molecule has 124 valence electrons. The van der Waals surface area contributed by atoms with Gasteiger partial charge in [0.15, 0.2) is 6.23 Å². The molecule has 0 N–H and O–H groups in total. The fourth-order valence-corrected chi connectivity index (χ4v) is 2.47. The molecule has 0 amide bonds. The highest BCUT2D eigenvalue weighted by atomic mass is 16.7. The molecule has 0 bridgehead atoms. The van der Waals surface area contributed by atoms with Crippen molar-refractivity contribution in [3.8, 4) is 0 Å². The SMILES string of the molecule is O=C(ON1CCCOC1c1ccc([N+](=O)[O-])cc1)c1ccccc1. The molecule has 2 aromatic carbocycles. The minimum absolute atomic E-state index is 0.00221. The molecule has 1 unspecified atom stereocenters. The number of hydrogen-bond donors (Lipinski definition) is 0. The molecule has 1 saturated heterocycles. The number of hydroxylamine groups is 2. The number of nitro benzene ring substituents is 1. The second-order valence-corrected chi connectivity index (χ2v) is 5.31. The Hall–Kier alpha value is -2.77. The van der Waals surface area contributed by atoms with Crippen molar-refractivity contribution < 1.29 is 19.3 Å². The number of carbonyl (C=O) groups is 1. The van der Waals surface area contributed by atoms with E-state index in [9.17, 15) is 14.9 Å². The largest absolute Gasteiger partial charge is 0.361 e. The summed E-state index contributed by atoms with van der Waals surface area (Å²) in [7, 11) is 0. The molecule has 2 aromatic rings. The molecule has 0 aliphatic carbocycles. The van der Waals surface area contributed by atoms with Gasteiger partial charge in [0.2, 0.25) is 0 Å². The average Bonchev–Trinajstić information content (AvgIpc) is 2.63. The van der Waals surface area contributed by atoms with Crippen LogP contribution in [0.1, 0.15) is 28.6 Å². The average molecular weight is 328 g/mol. The molecule has 0 radical (unpaired) electrons. The maximum absolute atomic E-state index is 12.2. The van der Waals surface area contributed by atoms with Crippen molar-refractivity contribution in [1.29, 1.82) is 0 Å². The number of nitro groups is 1. The highest BCUT2D eigenvalue weighted by Gasteiger charge is 2.29. The third-order valence-corrected chi connectivity index (χ3v) is 3.66. The lowest BCUT2D eigenvalue weighted by molar-refractivity contribution is -0.384. The Labute approximate surface area is 138 Å². The predicted molar refractivity (Wildman–Crippen MR) is 85.0 cm³/mol. The van der Waals surface area contributed by atoms with Gasteiger partial charge in [0.25, 0.3) is 5.69 Å². The van der Waals surface area contributed by atoms with Gasteiger partial charge in [-0.3, -0.25) is 10.1 Å². The molecule has 0 spiro atoms. The van der Waals surface area contributed by atoms with Crippen LogP contribution in [0.5, 0.6) is 0 Å². The Bertz CT molecular complexity index is 718. The van der Waals surface area contributed by atoms with E-state index in [1.54, 1.807) is 36.4 Å². The second kappa shape index (κ2) is 7.20. The van der Waals surface area contributed by atoms with Gasteiger partial charge in [-0.15, -0.1) is 5.06 Å². The maximum Gasteiger partial charge on any atom is 0.357 e. The monoisotopic (exact) mass is 328 g/mol. The number of benzene rings is 2. The normalized spacial score (nSPS) is 18.1. The minimum atomic E-state index is -0.577. The standard InChI is InChI=1S/C17H16N2O5/c20-17(14-5-2-1-3-6-14)24-18-11-4-12-23-16(18)13-7-9-15(10-8-13)19(21)22/h1-3,5-10,16H,4,11-12H2. The summed E-state index contributed by atoms with van der Waals surface area (Å²) in [6.45, 7) is 1.06. The number of hydrogen-bond acceptors (Lipinski definition) is 6. The van der Waals surface area contributed by atoms with Gasteiger partial charge < -0.3 is 9.57 Å². The number of nitrogens with zero attached hydrogens (tertiary/aromatic N) is 2. The first-order chi connectivity index (χ1) is 11.6. The number of non-ortho nitro benzene ring substituents is 1. The van der Waals surface area contributed by atoms with E-state index in [4.69, 9.17) is 9.57 Å². The first kappa shape index (κ1) is 16.1. The van der Waals surface area contributed by atoms with Crippen LogP contribution in [-0.4, -0.2) is 29.1 Å². The summed E-state index contributed by atoms with van der Waals surface area (Å²) >= 11 is 0. The third kappa shape index (κ3) is 3.58. The summed E-state index contributed by atoms with van der Waals surface area (Å²) < 4.78 is 5.69. The molecule has 0 aromatic heterocycles. The molecule has 1 atom stereocenters. The predicted octanol–water partition coefficient (Wildman–Crippen LogP) is 3.09. The zero-order valence-corrected chi connectivity index (χ0v) is 12.8. The Kier molecular flexibility index (Phi) is 4.83. The molecule has 1 fully saturated rings. The summed E-state index contributed by atoms with van der Waals surface area (Å²) in [5, 5.41) is 12.2. The van der Waals surface area contributed by atoms with Crippen molar-refractivity contribution in [3.05, 3.63) is 75.8 Å². The van der Waals surface area contributed by atoms with Crippen molar-refractivity contribution in [3.63, 3.8) is 0 Å². The van der Waals surface area contributed by atoms with Gasteiger partial charge in [0, 0.05) is 18.7 Å². The van der Waals surface area contributed by atoms with Crippen LogP contribution in [0.2, 0.25) is 0 Å². The van der Waals surface area contributed by atoms with E-state index in [1.807, 2.05) is 6.07 Å². The Morgan fingerprint density at radius 3 is 2.54 bits per heavy atom. The van der Waals surface area contributed by atoms with Crippen LogP contribution in [0.3, 0.4) is 0 Å². The molecule has 7 heteroatoms. The molecule has 3 rings (SSSR count). The van der Waals surface area contributed by atoms with Crippen LogP contribution in [-0.2, 0) is 9.57 Å². The number of carbonyl (C=O) groups excluding carboxylic acids is 1. The fourth-order valence-electron chi connectivity index (χ4n) is 2.47. The lowest BCUT2D eigenvalue weighted by Crippen LogP contribution is -2.38. The van der Waals surface area contributed by atoms with Crippen molar-refractivity contribution in [2.24, 2.45) is 0 Å². The summed E-state index contributed by atoms with van der Waals surface area (Å²) in [5.74, 6) is -0.465. The van der Waals surface area contributed by atoms with Gasteiger partial charge in [-0.05, 0) is 36.2 Å². The van der Waals surface area contributed by atoms with Crippen molar-refractivity contribution in [2.75, 3.05) is 13.2 Å². The van der Waals surface area contributed by atoms with E-state index in [0.717, 1.165) is 6.42 Å². The first-order valence-electron chi connectivity index (χ1n) is 7.55. The summed E-state index contributed by atoms with van der Waals surface area (Å²) in [4.78, 5) is 28.0. The molecule has 1 aliphatic rings. The van der Waals surface area contributed by atoms with Gasteiger partial charge in [0.1, 0.15) is 0 Å². The van der Waals surface area contributed by atoms with Crippen LogP contribution in [0.15, 0.2) is 54.6 Å². The van der Waals surface area contributed by atoms with Crippen LogP contribution in [0.4, 0.5) is 5.69 Å². The first-order valence-corrected chi connectivity index (χ1v) is 7.55. The van der Waals surface area contributed by atoms with Crippen molar-refractivity contribution in [2.45, 2.75) is 12.6 Å². The lowest BCUT2D eigenvalue weighted by atomic mass is 10.1. The number of ether oxygens (including phenoxy) is 1. The van der Waals surface area contributed by atoms with Crippen LogP contribution in [0.25, 0.3) is 0 Å². The fraction of sp³-hybridized carbons (Fsp3) is 0.235. The van der Waals surface area contributed by atoms with Crippen LogP contribution in [0, 0.1) is 10.1 Å². The molecule has 24 heavy (non-hydrogen) atoms. The number of rotatable bonds is 4. The van der Waals surface area contributed by atoms with E-state index in [2.05, 4.69) is 0 Å². The quantitative estimate of drug-likeness (QED) is 0.633. The molecule has 0 saturated carbocycles. The second-order valence-electron chi connectivity index (χ2n) is 5.31. The summed E-state index contributed by atoms with van der Waals surface area (Å²) in [6.07, 6.45) is 0.151. The van der Waals surface area contributed by atoms with Gasteiger partial charge in [-0.2, -0.15) is 0 Å². The summed E-state index contributed by atoms with van der Waals surface area (Å²) in [6, 6.07) is 14.7. The van der Waals surface area contributed by atoms with E-state index in [0.29, 0.717) is 24.3 Å². The van der Waals surface area contributed by atoms with Crippen LogP contribution < -0.4 is 0 Å². The van der Waals surface area contributed by atoms with E-state index >= 15 is 0 Å². The molecular weight excluding hydrogens is 312 g/mol. The zero-order chi connectivity index (χ0) is 16.9. The van der Waals surface area contributed by atoms with Gasteiger partial charge in [0.05, 0.1) is 17.1 Å². The Morgan fingerprint density at radius 2 is 1.88 bits per heavy atom. The highest BCUT2D eigenvalue weighted by molar-refractivity contribution is 5.89. The van der Waals surface area contributed by atoms with Crippen LogP contribution >= 0.6 is 0 Å². The van der Waals surface area contributed by atoms with Crippen molar-refractivity contribution in [1.82, 2.24) is 5.06 Å². The minimum Gasteiger partial charge on any atom is -0.361 e. The molecule has 1 aliphatic heterocycles. The lowest BCUT2D eigenvalue weighted by Gasteiger charge is -2.33. The molecule has 7 nitrogen and oxygen atoms in total. The topological polar surface area (TPSA) is 81.9 Å². The third-order valence-electron chi connectivity index (χ3n) is 3.66. The smallest absolute Gasteiger partial charge is 0.357 e. The van der Waals surface area contributed by atoms with Gasteiger partial charge in [-0.1, -0.05) is 18.2 Å². The highest BCUT2D eigenvalue weighted by Crippen LogP contribution is 2.28. The van der Waals surface area contributed by atoms with E-state index in [1.165, 1.54) is 17.2 Å². The van der Waals surface area contributed by atoms with E-state index < -0.39 is 17.1 Å². The van der Waals surface area contributed by atoms with Gasteiger partial charge >= 0.3 is 5.97 Å². The van der Waals surface area contributed by atoms with E-state index in [-0.39, 0.29) is 5.69 Å². The Balaban J connectivity index is 1.76. The summed E-state index contributed by atoms with van der Waals surface area (Å²) in [5.41, 5.74) is 1.15. The van der Waals surface area contributed by atoms with Crippen molar-refractivity contribution >= 4 is 11.7 Å². The zero-order valence-electron chi connectivity index (χ0n) is 12.8.